The smallest absolute Gasteiger partial charge is 0.316 e. The van der Waals surface area contributed by atoms with Crippen LogP contribution in [0.5, 0.6) is 6.01 Å². The Morgan fingerprint density at radius 3 is 2.64 bits per heavy atom. The van der Waals surface area contributed by atoms with Crippen LogP contribution in [0.25, 0.3) is 0 Å². The lowest BCUT2D eigenvalue weighted by molar-refractivity contribution is 0.285. The first-order chi connectivity index (χ1) is 6.68. The number of rotatable bonds is 5. The summed E-state index contributed by atoms with van der Waals surface area (Å²) in [6, 6.07) is 0.923. The first kappa shape index (κ1) is 11.6. The Kier molecular flexibility index (Phi) is 5.10. The highest BCUT2D eigenvalue weighted by Gasteiger charge is 1.97. The summed E-state index contributed by atoms with van der Waals surface area (Å²) >= 11 is 2.16. The first-order valence-corrected chi connectivity index (χ1v) is 5.60. The maximum Gasteiger partial charge on any atom is 0.316 e. The number of halogens is 1. The third kappa shape index (κ3) is 4.71. The molecule has 78 valence electrons. The van der Waals surface area contributed by atoms with Gasteiger partial charge >= 0.3 is 6.01 Å². The quantitative estimate of drug-likeness (QED) is 0.661. The Morgan fingerprint density at radius 1 is 1.43 bits per heavy atom. The van der Waals surface area contributed by atoms with Crippen molar-refractivity contribution in [1.82, 2.24) is 15.3 Å². The molecule has 0 atom stereocenters. The summed E-state index contributed by atoms with van der Waals surface area (Å²) in [6.45, 7) is 5.61. The molecule has 0 saturated heterocycles. The molecule has 0 aliphatic carbocycles. The number of nitrogens with zero attached hydrogens (tertiary/aromatic N) is 2. The van der Waals surface area contributed by atoms with Gasteiger partial charge < -0.3 is 10.1 Å². The number of aromatic nitrogens is 2. The van der Waals surface area contributed by atoms with E-state index in [0.717, 1.165) is 10.1 Å². The molecule has 1 aromatic rings. The van der Waals surface area contributed by atoms with Crippen molar-refractivity contribution in [3.05, 3.63) is 16.0 Å². The van der Waals surface area contributed by atoms with Crippen LogP contribution in [0.4, 0.5) is 0 Å². The summed E-state index contributed by atoms with van der Waals surface area (Å²) in [5.74, 6) is 0. The van der Waals surface area contributed by atoms with Gasteiger partial charge in [0.1, 0.15) is 6.61 Å². The van der Waals surface area contributed by atoms with Crippen LogP contribution in [0.1, 0.15) is 13.8 Å². The van der Waals surface area contributed by atoms with Gasteiger partial charge in [-0.1, -0.05) is 13.8 Å². The molecule has 0 unspecified atom stereocenters. The maximum absolute atomic E-state index is 5.32. The fourth-order valence-electron chi connectivity index (χ4n) is 0.865. The van der Waals surface area contributed by atoms with Crippen molar-refractivity contribution < 1.29 is 4.74 Å². The van der Waals surface area contributed by atoms with Crippen LogP contribution in [0.3, 0.4) is 0 Å². The average molecular weight is 307 g/mol. The molecule has 1 aromatic heterocycles. The van der Waals surface area contributed by atoms with E-state index in [2.05, 4.69) is 51.7 Å². The highest BCUT2D eigenvalue weighted by Crippen LogP contribution is 2.03. The molecule has 0 aliphatic rings. The van der Waals surface area contributed by atoms with Crippen molar-refractivity contribution in [2.75, 3.05) is 13.2 Å². The monoisotopic (exact) mass is 307 g/mol. The van der Waals surface area contributed by atoms with Crippen molar-refractivity contribution in [3.8, 4) is 6.01 Å². The molecule has 1 N–H and O–H groups in total. The summed E-state index contributed by atoms with van der Waals surface area (Å²) in [5, 5.41) is 3.25. The second-order valence-corrected chi connectivity index (χ2v) is 4.39. The predicted molar refractivity (Wildman–Crippen MR) is 63.4 cm³/mol. The van der Waals surface area contributed by atoms with Gasteiger partial charge in [0.25, 0.3) is 0 Å². The van der Waals surface area contributed by atoms with E-state index in [0.29, 0.717) is 18.7 Å². The minimum atomic E-state index is 0.441. The van der Waals surface area contributed by atoms with Crippen LogP contribution >= 0.6 is 22.6 Å². The second kappa shape index (κ2) is 6.13. The number of hydrogen-bond donors (Lipinski definition) is 1. The van der Waals surface area contributed by atoms with Gasteiger partial charge in [0.2, 0.25) is 0 Å². The Balaban J connectivity index is 2.21. The average Bonchev–Trinajstić information content (AvgIpc) is 2.15. The highest BCUT2D eigenvalue weighted by atomic mass is 127. The van der Waals surface area contributed by atoms with Crippen LogP contribution in [0.2, 0.25) is 0 Å². The second-order valence-electron chi connectivity index (χ2n) is 3.14. The summed E-state index contributed by atoms with van der Waals surface area (Å²) < 4.78 is 6.33. The van der Waals surface area contributed by atoms with Crippen LogP contribution in [-0.4, -0.2) is 29.2 Å². The zero-order valence-corrected chi connectivity index (χ0v) is 10.5. The van der Waals surface area contributed by atoms with Gasteiger partial charge in [0.05, 0.1) is 0 Å². The van der Waals surface area contributed by atoms with Gasteiger partial charge in [-0.05, 0) is 22.6 Å². The zero-order chi connectivity index (χ0) is 10.4. The zero-order valence-electron chi connectivity index (χ0n) is 8.33. The molecule has 0 aromatic carbocycles. The predicted octanol–water partition coefficient (Wildman–Crippen LogP) is 1.46. The van der Waals surface area contributed by atoms with Crippen molar-refractivity contribution in [1.29, 1.82) is 0 Å². The minimum absolute atomic E-state index is 0.441. The lowest BCUT2D eigenvalue weighted by Crippen LogP contribution is -2.27. The molecule has 0 spiro atoms. The minimum Gasteiger partial charge on any atom is -0.462 e. The lowest BCUT2D eigenvalue weighted by atomic mass is 10.4. The number of ether oxygens (including phenoxy) is 1. The number of hydrogen-bond acceptors (Lipinski definition) is 4. The first-order valence-electron chi connectivity index (χ1n) is 4.52. The van der Waals surface area contributed by atoms with Crippen LogP contribution in [0, 0.1) is 3.57 Å². The van der Waals surface area contributed by atoms with Gasteiger partial charge in [-0.3, -0.25) is 0 Å². The molecule has 1 rings (SSSR count). The van der Waals surface area contributed by atoms with Crippen LogP contribution in [0.15, 0.2) is 12.4 Å². The third-order valence-corrected chi connectivity index (χ3v) is 2.04. The largest absolute Gasteiger partial charge is 0.462 e. The van der Waals surface area contributed by atoms with E-state index in [-0.39, 0.29) is 0 Å². The van der Waals surface area contributed by atoms with Gasteiger partial charge in [-0.25, -0.2) is 9.97 Å². The topological polar surface area (TPSA) is 47.0 Å². The van der Waals surface area contributed by atoms with E-state index in [4.69, 9.17) is 4.74 Å². The molecular weight excluding hydrogens is 293 g/mol. The standard InChI is InChI=1S/C9H14IN3O/c1-7(2)11-3-4-14-9-12-5-8(10)6-13-9/h5-7,11H,3-4H2,1-2H3. The Morgan fingerprint density at radius 2 is 2.07 bits per heavy atom. The van der Waals surface area contributed by atoms with Crippen LogP contribution < -0.4 is 10.1 Å². The lowest BCUT2D eigenvalue weighted by Gasteiger charge is -2.08. The van der Waals surface area contributed by atoms with E-state index >= 15 is 0 Å². The normalized spacial score (nSPS) is 10.6. The van der Waals surface area contributed by atoms with Crippen molar-refractivity contribution in [3.63, 3.8) is 0 Å². The van der Waals surface area contributed by atoms with Crippen molar-refractivity contribution in [2.45, 2.75) is 19.9 Å². The highest BCUT2D eigenvalue weighted by molar-refractivity contribution is 14.1. The Labute approximate surface area is 97.6 Å². The van der Waals surface area contributed by atoms with Gasteiger partial charge in [0.15, 0.2) is 0 Å². The molecule has 0 bridgehead atoms. The molecule has 0 fully saturated rings. The molecule has 5 heteroatoms. The fraction of sp³-hybridized carbons (Fsp3) is 0.556. The summed E-state index contributed by atoms with van der Waals surface area (Å²) in [7, 11) is 0. The number of nitrogens with one attached hydrogen (secondary N) is 1. The fourth-order valence-corrected chi connectivity index (χ4v) is 1.14. The summed E-state index contributed by atoms with van der Waals surface area (Å²) in [6.07, 6.45) is 3.47. The molecule has 0 amide bonds. The van der Waals surface area contributed by atoms with Crippen molar-refractivity contribution in [2.24, 2.45) is 0 Å². The molecular formula is C9H14IN3O. The van der Waals surface area contributed by atoms with E-state index in [1.165, 1.54) is 0 Å². The molecule has 0 radical (unpaired) electrons. The van der Waals surface area contributed by atoms with Crippen molar-refractivity contribution >= 4 is 22.6 Å². The van der Waals surface area contributed by atoms with E-state index in [1.807, 2.05) is 0 Å². The maximum atomic E-state index is 5.32. The van der Waals surface area contributed by atoms with Crippen LogP contribution in [-0.2, 0) is 0 Å². The molecule has 0 saturated carbocycles. The molecule has 1 heterocycles. The molecule has 14 heavy (non-hydrogen) atoms. The third-order valence-electron chi connectivity index (χ3n) is 1.48. The Hall–Kier alpha value is -0.430. The molecule has 0 aliphatic heterocycles. The van der Waals surface area contributed by atoms with Gasteiger partial charge in [-0.15, -0.1) is 0 Å². The van der Waals surface area contributed by atoms with Gasteiger partial charge in [-0.2, -0.15) is 0 Å². The van der Waals surface area contributed by atoms with E-state index < -0.39 is 0 Å². The van der Waals surface area contributed by atoms with E-state index in [1.54, 1.807) is 12.4 Å². The summed E-state index contributed by atoms with van der Waals surface area (Å²) in [5.41, 5.74) is 0. The Bertz CT molecular complexity index is 263. The SMILES string of the molecule is CC(C)NCCOc1ncc(I)cn1. The van der Waals surface area contributed by atoms with E-state index in [9.17, 15) is 0 Å². The molecule has 4 nitrogen and oxygen atoms in total. The summed E-state index contributed by atoms with van der Waals surface area (Å²) in [4.78, 5) is 8.05. The van der Waals surface area contributed by atoms with Gasteiger partial charge in [0, 0.05) is 28.6 Å².